The number of ketones is 1. The molecule has 6 nitrogen and oxygen atoms in total. The average Bonchev–Trinajstić information content (AvgIpc) is 2.88. The highest BCUT2D eigenvalue weighted by molar-refractivity contribution is 6.00. The third-order valence-corrected chi connectivity index (χ3v) is 7.95. The van der Waals surface area contributed by atoms with Gasteiger partial charge in [0.05, 0.1) is 11.6 Å². The van der Waals surface area contributed by atoms with Gasteiger partial charge in [0.1, 0.15) is 0 Å². The number of benzene rings is 1. The molecule has 0 bridgehead atoms. The summed E-state index contributed by atoms with van der Waals surface area (Å²) in [6.45, 7) is 7.00. The van der Waals surface area contributed by atoms with E-state index in [9.17, 15) is 9.59 Å². The van der Waals surface area contributed by atoms with Crippen LogP contribution < -0.4 is 10.2 Å². The fourth-order valence-electron chi connectivity index (χ4n) is 5.75. The van der Waals surface area contributed by atoms with Gasteiger partial charge in [0, 0.05) is 49.2 Å². The Morgan fingerprint density at radius 3 is 2.37 bits per heavy atom. The van der Waals surface area contributed by atoms with Crippen LogP contribution in [-0.2, 0) is 11.3 Å². The SMILES string of the molecule is CC1=CC(=O)C(CNC(=O)c2cc(-c3ccc(CN(C)C)nc3)cc(N(C)C3CCCCC3)c2C)C(C)=C1. The van der Waals surface area contributed by atoms with Gasteiger partial charge < -0.3 is 15.1 Å². The largest absolute Gasteiger partial charge is 0.371 e. The highest BCUT2D eigenvalue weighted by atomic mass is 16.2. The first-order valence-corrected chi connectivity index (χ1v) is 13.8. The van der Waals surface area contributed by atoms with Crippen molar-refractivity contribution in [2.24, 2.45) is 5.92 Å². The van der Waals surface area contributed by atoms with Crippen LogP contribution in [0.2, 0.25) is 0 Å². The van der Waals surface area contributed by atoms with Gasteiger partial charge in [0.25, 0.3) is 5.91 Å². The second-order valence-corrected chi connectivity index (χ2v) is 11.3. The number of nitrogens with one attached hydrogen (secondary N) is 1. The molecule has 1 N–H and O–H groups in total. The van der Waals surface area contributed by atoms with E-state index in [0.29, 0.717) is 18.2 Å². The topological polar surface area (TPSA) is 65.5 Å². The summed E-state index contributed by atoms with van der Waals surface area (Å²) >= 11 is 0. The van der Waals surface area contributed by atoms with Gasteiger partial charge >= 0.3 is 0 Å². The standard InChI is InChI=1S/C32H42N4O2/c1-21-14-22(2)29(31(37)15-21)19-34-32(38)28-16-25(24-12-13-26(33-18-24)20-35(4)5)17-30(23(28)3)36(6)27-10-8-7-9-11-27/h12-18,27,29H,7-11,19-20H2,1-6H3,(H,34,38). The van der Waals surface area contributed by atoms with Crippen LogP contribution in [0.3, 0.4) is 0 Å². The summed E-state index contributed by atoms with van der Waals surface area (Å²) in [6.07, 6.45) is 11.7. The molecular formula is C32H42N4O2. The van der Waals surface area contributed by atoms with Crippen molar-refractivity contribution in [1.82, 2.24) is 15.2 Å². The summed E-state index contributed by atoms with van der Waals surface area (Å²) in [4.78, 5) is 35.3. The fourth-order valence-corrected chi connectivity index (χ4v) is 5.75. The zero-order valence-electron chi connectivity index (χ0n) is 23.8. The lowest BCUT2D eigenvalue weighted by atomic mass is 9.88. The first kappa shape index (κ1) is 27.8. The van der Waals surface area contributed by atoms with Gasteiger partial charge in [-0.2, -0.15) is 0 Å². The minimum atomic E-state index is -0.316. The molecule has 2 aromatic rings. The Bertz CT molecular complexity index is 1240. The van der Waals surface area contributed by atoms with E-state index in [-0.39, 0.29) is 17.6 Å². The van der Waals surface area contributed by atoms with Crippen molar-refractivity contribution < 1.29 is 9.59 Å². The zero-order chi connectivity index (χ0) is 27.4. The van der Waals surface area contributed by atoms with Crippen LogP contribution in [0.1, 0.15) is 67.6 Å². The first-order chi connectivity index (χ1) is 18.1. The third kappa shape index (κ3) is 6.41. The maximum Gasteiger partial charge on any atom is 0.251 e. The van der Waals surface area contributed by atoms with E-state index in [2.05, 4.69) is 45.3 Å². The molecule has 1 aromatic heterocycles. The van der Waals surface area contributed by atoms with Crippen molar-refractivity contribution in [2.75, 3.05) is 32.6 Å². The van der Waals surface area contributed by atoms with Crippen LogP contribution in [0.25, 0.3) is 11.1 Å². The minimum absolute atomic E-state index is 0.0508. The Morgan fingerprint density at radius 1 is 1.00 bits per heavy atom. The Balaban J connectivity index is 1.65. The van der Waals surface area contributed by atoms with Gasteiger partial charge in [-0.25, -0.2) is 0 Å². The Hall–Kier alpha value is -3.25. The zero-order valence-corrected chi connectivity index (χ0v) is 23.8. The Morgan fingerprint density at radius 2 is 1.74 bits per heavy atom. The van der Waals surface area contributed by atoms with Gasteiger partial charge in [-0.05, 0) is 88.7 Å². The summed E-state index contributed by atoms with van der Waals surface area (Å²) in [6, 6.07) is 8.79. The minimum Gasteiger partial charge on any atom is -0.371 e. The molecule has 2 aliphatic carbocycles. The van der Waals surface area contributed by atoms with E-state index in [1.54, 1.807) is 6.08 Å². The molecule has 202 valence electrons. The monoisotopic (exact) mass is 514 g/mol. The van der Waals surface area contributed by atoms with Crippen LogP contribution in [0, 0.1) is 12.8 Å². The molecule has 0 radical (unpaired) electrons. The fraction of sp³-hybridized carbons (Fsp3) is 0.469. The number of carbonyl (C=O) groups excluding carboxylic acids is 2. The molecule has 0 saturated heterocycles. The van der Waals surface area contributed by atoms with Crippen molar-refractivity contribution in [3.05, 3.63) is 70.6 Å². The molecule has 1 heterocycles. The van der Waals surface area contributed by atoms with Crippen molar-refractivity contribution in [2.45, 2.75) is 65.5 Å². The van der Waals surface area contributed by atoms with Crippen molar-refractivity contribution in [3.8, 4) is 11.1 Å². The van der Waals surface area contributed by atoms with Crippen LogP contribution in [-0.4, -0.2) is 55.3 Å². The van der Waals surface area contributed by atoms with Crippen molar-refractivity contribution in [1.29, 1.82) is 0 Å². The summed E-state index contributed by atoms with van der Waals surface area (Å²) in [5, 5.41) is 3.07. The molecule has 2 aliphatic rings. The Labute approximate surface area is 227 Å². The number of hydrogen-bond donors (Lipinski definition) is 1. The molecule has 4 rings (SSSR count). The number of carbonyl (C=O) groups is 2. The normalized spacial score (nSPS) is 18.3. The molecule has 1 saturated carbocycles. The van der Waals surface area contributed by atoms with Gasteiger partial charge in [-0.15, -0.1) is 0 Å². The number of allylic oxidation sites excluding steroid dienone is 3. The van der Waals surface area contributed by atoms with Gasteiger partial charge in [0.15, 0.2) is 5.78 Å². The maximum absolute atomic E-state index is 13.6. The van der Waals surface area contributed by atoms with E-state index in [1.807, 2.05) is 53.2 Å². The number of nitrogens with zero attached hydrogens (tertiary/aromatic N) is 3. The lowest BCUT2D eigenvalue weighted by molar-refractivity contribution is -0.117. The molecule has 1 unspecified atom stereocenters. The van der Waals surface area contributed by atoms with Gasteiger partial charge in [-0.3, -0.25) is 14.6 Å². The molecular weight excluding hydrogens is 472 g/mol. The van der Waals surface area contributed by atoms with Crippen molar-refractivity contribution >= 4 is 17.4 Å². The van der Waals surface area contributed by atoms with E-state index < -0.39 is 0 Å². The maximum atomic E-state index is 13.6. The summed E-state index contributed by atoms with van der Waals surface area (Å²) in [7, 11) is 6.22. The molecule has 1 amide bonds. The van der Waals surface area contributed by atoms with Gasteiger partial charge in [0.2, 0.25) is 0 Å². The number of pyridine rings is 1. The lowest BCUT2D eigenvalue weighted by Crippen LogP contribution is -2.36. The van der Waals surface area contributed by atoms with Crippen molar-refractivity contribution in [3.63, 3.8) is 0 Å². The highest BCUT2D eigenvalue weighted by Gasteiger charge is 2.25. The number of hydrogen-bond acceptors (Lipinski definition) is 5. The van der Waals surface area contributed by atoms with E-state index >= 15 is 0 Å². The number of amides is 1. The molecule has 0 aliphatic heterocycles. The van der Waals surface area contributed by atoms with E-state index in [4.69, 9.17) is 0 Å². The van der Waals surface area contributed by atoms with E-state index in [1.165, 1.54) is 32.1 Å². The predicted molar refractivity (Wildman–Crippen MR) is 155 cm³/mol. The molecule has 38 heavy (non-hydrogen) atoms. The molecule has 1 aromatic carbocycles. The molecule has 1 fully saturated rings. The summed E-state index contributed by atoms with van der Waals surface area (Å²) in [5.41, 5.74) is 7.62. The molecule has 1 atom stereocenters. The van der Waals surface area contributed by atoms with Crippen LogP contribution in [0.15, 0.2) is 53.8 Å². The number of anilines is 1. The lowest BCUT2D eigenvalue weighted by Gasteiger charge is -2.34. The van der Waals surface area contributed by atoms with E-state index in [0.717, 1.165) is 45.8 Å². The second kappa shape index (κ2) is 12.1. The summed E-state index contributed by atoms with van der Waals surface area (Å²) in [5.74, 6) is -0.412. The smallest absolute Gasteiger partial charge is 0.251 e. The average molecular weight is 515 g/mol. The second-order valence-electron chi connectivity index (χ2n) is 11.3. The van der Waals surface area contributed by atoms with Crippen LogP contribution >= 0.6 is 0 Å². The molecule has 6 heteroatoms. The third-order valence-electron chi connectivity index (χ3n) is 7.95. The number of rotatable bonds is 8. The Kier molecular flexibility index (Phi) is 8.83. The predicted octanol–water partition coefficient (Wildman–Crippen LogP) is 5.71. The van der Waals surface area contributed by atoms with Gasteiger partial charge in [-0.1, -0.05) is 37.0 Å². The van der Waals surface area contributed by atoms with Crippen LogP contribution in [0.5, 0.6) is 0 Å². The van der Waals surface area contributed by atoms with Crippen LogP contribution in [0.4, 0.5) is 5.69 Å². The number of aromatic nitrogens is 1. The first-order valence-electron chi connectivity index (χ1n) is 13.8. The molecule has 0 spiro atoms. The highest BCUT2D eigenvalue weighted by Crippen LogP contribution is 2.34. The quantitative estimate of drug-likeness (QED) is 0.489. The summed E-state index contributed by atoms with van der Waals surface area (Å²) < 4.78 is 0.